The summed E-state index contributed by atoms with van der Waals surface area (Å²) in [4.78, 5) is 17.2. The van der Waals surface area contributed by atoms with Gasteiger partial charge in [-0.15, -0.1) is 11.3 Å². The molecule has 2 heterocycles. The number of rotatable bonds is 6. The number of methoxy groups -OCH3 is 2. The highest BCUT2D eigenvalue weighted by atomic mass is 32.1. The first-order valence-electron chi connectivity index (χ1n) is 9.97. The van der Waals surface area contributed by atoms with Gasteiger partial charge in [-0.25, -0.2) is 0 Å². The van der Waals surface area contributed by atoms with Crippen LogP contribution in [0, 0.1) is 5.92 Å². The number of hydrogen-bond donors (Lipinski definition) is 1. The molecule has 0 saturated heterocycles. The van der Waals surface area contributed by atoms with Gasteiger partial charge in [0.25, 0.3) is 5.56 Å². The first-order chi connectivity index (χ1) is 14.5. The van der Waals surface area contributed by atoms with E-state index in [0.29, 0.717) is 23.0 Å². The standard InChI is InChI=1S/C25H25NO3S/c1-15(2)11-16-7-5-8-17(12-16)23-18-13-20(28-3)21(29-4)14-19(18)26-25(27)24(23)22-9-6-10-30-22/h5-10,12-15H,11H2,1-4H3,(H,26,27). The van der Waals surface area contributed by atoms with Crippen molar-refractivity contribution in [1.29, 1.82) is 0 Å². The number of benzene rings is 2. The topological polar surface area (TPSA) is 51.3 Å². The van der Waals surface area contributed by atoms with E-state index in [4.69, 9.17) is 9.47 Å². The average Bonchev–Trinajstić information content (AvgIpc) is 3.25. The van der Waals surface area contributed by atoms with E-state index in [1.54, 1.807) is 25.6 Å². The summed E-state index contributed by atoms with van der Waals surface area (Å²) in [5.74, 6) is 1.77. The van der Waals surface area contributed by atoms with Gasteiger partial charge in [0.2, 0.25) is 0 Å². The third kappa shape index (κ3) is 3.73. The number of thiophene rings is 1. The van der Waals surface area contributed by atoms with Crippen molar-refractivity contribution in [3.05, 3.63) is 69.8 Å². The average molecular weight is 420 g/mol. The summed E-state index contributed by atoms with van der Waals surface area (Å²) in [6.07, 6.45) is 0.987. The monoisotopic (exact) mass is 419 g/mol. The molecule has 4 aromatic rings. The van der Waals surface area contributed by atoms with E-state index in [2.05, 4.69) is 43.1 Å². The Morgan fingerprint density at radius 3 is 2.40 bits per heavy atom. The molecule has 0 unspecified atom stereocenters. The van der Waals surface area contributed by atoms with Crippen LogP contribution in [0.2, 0.25) is 0 Å². The third-order valence-electron chi connectivity index (χ3n) is 5.15. The van der Waals surface area contributed by atoms with Crippen molar-refractivity contribution < 1.29 is 9.47 Å². The van der Waals surface area contributed by atoms with Gasteiger partial charge in [-0.3, -0.25) is 4.79 Å². The maximum absolute atomic E-state index is 13.2. The Hall–Kier alpha value is -3.05. The summed E-state index contributed by atoms with van der Waals surface area (Å²) in [5, 5.41) is 2.92. The fourth-order valence-electron chi connectivity index (χ4n) is 3.90. The van der Waals surface area contributed by atoms with Crippen molar-refractivity contribution >= 4 is 22.2 Å². The van der Waals surface area contributed by atoms with Gasteiger partial charge in [0, 0.05) is 21.9 Å². The summed E-state index contributed by atoms with van der Waals surface area (Å²) < 4.78 is 11.0. The highest BCUT2D eigenvalue weighted by molar-refractivity contribution is 7.13. The van der Waals surface area contributed by atoms with Crippen LogP contribution >= 0.6 is 11.3 Å². The molecule has 2 aromatic heterocycles. The van der Waals surface area contributed by atoms with E-state index >= 15 is 0 Å². The van der Waals surface area contributed by atoms with E-state index in [1.807, 2.05) is 29.6 Å². The number of fused-ring (bicyclic) bond motifs is 1. The lowest BCUT2D eigenvalue weighted by atomic mass is 9.92. The number of aromatic amines is 1. The van der Waals surface area contributed by atoms with E-state index in [1.165, 1.54) is 5.56 Å². The molecule has 0 saturated carbocycles. The highest BCUT2D eigenvalue weighted by Crippen LogP contribution is 2.41. The molecule has 0 aliphatic heterocycles. The van der Waals surface area contributed by atoms with Crippen LogP contribution in [-0.2, 0) is 6.42 Å². The molecule has 4 nitrogen and oxygen atoms in total. The maximum Gasteiger partial charge on any atom is 0.257 e. The summed E-state index contributed by atoms with van der Waals surface area (Å²) in [6, 6.07) is 16.2. The Kier molecular flexibility index (Phi) is 5.64. The second-order valence-electron chi connectivity index (χ2n) is 7.73. The molecule has 0 aliphatic carbocycles. The first kappa shape index (κ1) is 20.2. The molecular weight excluding hydrogens is 394 g/mol. The van der Waals surface area contributed by atoms with E-state index in [-0.39, 0.29) is 5.56 Å². The summed E-state index contributed by atoms with van der Waals surface area (Å²) in [7, 11) is 3.22. The normalized spacial score (nSPS) is 11.2. The van der Waals surface area contributed by atoms with Crippen LogP contribution in [-0.4, -0.2) is 19.2 Å². The predicted molar refractivity (Wildman–Crippen MR) is 125 cm³/mol. The predicted octanol–water partition coefficient (Wildman–Crippen LogP) is 6.14. The third-order valence-corrected chi connectivity index (χ3v) is 6.03. The van der Waals surface area contributed by atoms with Crippen LogP contribution < -0.4 is 15.0 Å². The number of ether oxygens (including phenoxy) is 2. The molecule has 5 heteroatoms. The molecule has 4 rings (SSSR count). The smallest absolute Gasteiger partial charge is 0.257 e. The van der Waals surface area contributed by atoms with Crippen LogP contribution in [0.15, 0.2) is 58.7 Å². The largest absolute Gasteiger partial charge is 0.493 e. The Labute approximate surface area is 180 Å². The lowest BCUT2D eigenvalue weighted by Crippen LogP contribution is -2.11. The maximum atomic E-state index is 13.2. The molecule has 30 heavy (non-hydrogen) atoms. The fraction of sp³-hybridized carbons (Fsp3) is 0.240. The molecule has 0 bridgehead atoms. The number of nitrogens with one attached hydrogen (secondary N) is 1. The van der Waals surface area contributed by atoms with Crippen molar-refractivity contribution in [3.8, 4) is 33.1 Å². The van der Waals surface area contributed by atoms with E-state index < -0.39 is 0 Å². The quantitative estimate of drug-likeness (QED) is 0.408. The highest BCUT2D eigenvalue weighted by Gasteiger charge is 2.19. The van der Waals surface area contributed by atoms with Crippen LogP contribution in [0.4, 0.5) is 0 Å². The summed E-state index contributed by atoms with van der Waals surface area (Å²) >= 11 is 1.56. The number of pyridine rings is 1. The molecule has 0 amide bonds. The molecule has 0 atom stereocenters. The Bertz CT molecular complexity index is 1240. The van der Waals surface area contributed by atoms with Gasteiger partial charge >= 0.3 is 0 Å². The van der Waals surface area contributed by atoms with Crippen LogP contribution in [0.25, 0.3) is 32.5 Å². The second kappa shape index (κ2) is 8.36. The first-order valence-corrected chi connectivity index (χ1v) is 10.8. The second-order valence-corrected chi connectivity index (χ2v) is 8.68. The molecule has 0 fully saturated rings. The zero-order chi connectivity index (χ0) is 21.3. The van der Waals surface area contributed by atoms with Crippen molar-refractivity contribution in [2.24, 2.45) is 5.92 Å². The van der Waals surface area contributed by atoms with Crippen LogP contribution in [0.3, 0.4) is 0 Å². The minimum absolute atomic E-state index is 0.110. The molecule has 0 radical (unpaired) electrons. The Morgan fingerprint density at radius 2 is 1.73 bits per heavy atom. The number of aromatic nitrogens is 1. The van der Waals surface area contributed by atoms with Crippen LogP contribution in [0.1, 0.15) is 19.4 Å². The van der Waals surface area contributed by atoms with Gasteiger partial charge in [-0.05, 0) is 41.0 Å². The molecule has 0 aliphatic rings. The van der Waals surface area contributed by atoms with Gasteiger partial charge in [0.05, 0.1) is 25.3 Å². The van der Waals surface area contributed by atoms with Gasteiger partial charge in [0.15, 0.2) is 11.5 Å². The van der Waals surface area contributed by atoms with Crippen molar-refractivity contribution in [3.63, 3.8) is 0 Å². The van der Waals surface area contributed by atoms with Crippen molar-refractivity contribution in [2.75, 3.05) is 14.2 Å². The molecular formula is C25H25NO3S. The number of H-pyrrole nitrogens is 1. The van der Waals surface area contributed by atoms with Crippen LogP contribution in [0.5, 0.6) is 11.5 Å². The van der Waals surface area contributed by atoms with Gasteiger partial charge in [-0.1, -0.05) is 44.2 Å². The van der Waals surface area contributed by atoms with Crippen molar-refractivity contribution in [2.45, 2.75) is 20.3 Å². The van der Waals surface area contributed by atoms with Crippen molar-refractivity contribution in [1.82, 2.24) is 4.98 Å². The SMILES string of the molecule is COc1cc2[nH]c(=O)c(-c3cccs3)c(-c3cccc(CC(C)C)c3)c2cc1OC. The van der Waals surface area contributed by atoms with Gasteiger partial charge in [-0.2, -0.15) is 0 Å². The lowest BCUT2D eigenvalue weighted by molar-refractivity contribution is 0.356. The summed E-state index contributed by atoms with van der Waals surface area (Å²) in [6.45, 7) is 4.42. The Balaban J connectivity index is 2.09. The van der Waals surface area contributed by atoms with E-state index in [0.717, 1.165) is 33.3 Å². The lowest BCUT2D eigenvalue weighted by Gasteiger charge is -2.16. The number of hydrogen-bond acceptors (Lipinski definition) is 4. The van der Waals surface area contributed by atoms with Gasteiger partial charge in [0.1, 0.15) is 0 Å². The molecule has 1 N–H and O–H groups in total. The minimum Gasteiger partial charge on any atom is -0.493 e. The van der Waals surface area contributed by atoms with Gasteiger partial charge < -0.3 is 14.5 Å². The van der Waals surface area contributed by atoms with E-state index in [9.17, 15) is 4.79 Å². The molecule has 0 spiro atoms. The minimum atomic E-state index is -0.110. The Morgan fingerprint density at radius 1 is 0.967 bits per heavy atom. The molecule has 2 aromatic carbocycles. The summed E-state index contributed by atoms with van der Waals surface area (Å²) in [5.41, 5.74) is 4.51. The fourth-order valence-corrected chi connectivity index (χ4v) is 4.68. The zero-order valence-corrected chi connectivity index (χ0v) is 18.4. The molecule has 154 valence electrons. The zero-order valence-electron chi connectivity index (χ0n) is 17.6.